The number of carbonyl (C=O) groups excluding carboxylic acids is 1. The van der Waals surface area contributed by atoms with Gasteiger partial charge in [-0.05, 0) is 42.7 Å². The van der Waals surface area contributed by atoms with E-state index in [1.54, 1.807) is 0 Å². The number of aromatic hydroxyl groups is 1. The molecule has 0 aliphatic carbocycles. The van der Waals surface area contributed by atoms with Crippen molar-refractivity contribution in [2.45, 2.75) is 25.9 Å². The van der Waals surface area contributed by atoms with Crippen LogP contribution >= 0.6 is 23.2 Å². The van der Waals surface area contributed by atoms with Gasteiger partial charge in [0.25, 0.3) is 0 Å². The number of ether oxygens (including phenoxy) is 1. The first-order chi connectivity index (χ1) is 11.9. The summed E-state index contributed by atoms with van der Waals surface area (Å²) in [6.45, 7) is 1.79. The van der Waals surface area contributed by atoms with Crippen LogP contribution in [0.1, 0.15) is 18.9 Å². The number of hydrogen-bond donors (Lipinski definition) is 2. The highest BCUT2D eigenvalue weighted by molar-refractivity contribution is 6.40. The topological polar surface area (TPSA) is 58.6 Å². The van der Waals surface area contributed by atoms with Gasteiger partial charge in [-0.15, -0.1) is 0 Å². The molecule has 0 unspecified atom stereocenters. The minimum atomic E-state index is -0.437. The van der Waals surface area contributed by atoms with Crippen molar-refractivity contribution < 1.29 is 19.0 Å². The SMILES string of the molecule is CC(=O)NC[C@H]1CCc2cc(F)cc(-c3c(Cl)ccc(O)c3Cl)c2O1. The molecule has 2 aromatic rings. The summed E-state index contributed by atoms with van der Waals surface area (Å²) in [4.78, 5) is 11.1. The molecule has 0 aromatic heterocycles. The zero-order chi connectivity index (χ0) is 18.1. The molecule has 7 heteroatoms. The average Bonchev–Trinajstić information content (AvgIpc) is 2.56. The normalized spacial score (nSPS) is 16.1. The summed E-state index contributed by atoms with van der Waals surface area (Å²) in [5.74, 6) is -0.261. The highest BCUT2D eigenvalue weighted by Crippen LogP contribution is 2.46. The molecule has 1 aliphatic rings. The summed E-state index contributed by atoms with van der Waals surface area (Å²) >= 11 is 12.4. The maximum atomic E-state index is 14.1. The van der Waals surface area contributed by atoms with Crippen LogP contribution < -0.4 is 10.1 Å². The molecule has 0 saturated heterocycles. The Bertz CT molecular complexity index is 842. The molecule has 0 fully saturated rings. The van der Waals surface area contributed by atoms with E-state index >= 15 is 0 Å². The number of carbonyl (C=O) groups is 1. The van der Waals surface area contributed by atoms with Crippen LogP contribution in [0, 0.1) is 5.82 Å². The van der Waals surface area contributed by atoms with E-state index in [-0.39, 0.29) is 27.8 Å². The first-order valence-electron chi connectivity index (χ1n) is 7.77. The molecule has 0 radical (unpaired) electrons. The van der Waals surface area contributed by atoms with Gasteiger partial charge in [-0.1, -0.05) is 23.2 Å². The number of phenolic OH excluding ortho intramolecular Hbond substituents is 1. The van der Waals surface area contributed by atoms with E-state index in [1.165, 1.54) is 31.2 Å². The molecule has 0 bridgehead atoms. The Balaban J connectivity index is 2.07. The Labute approximate surface area is 154 Å². The second-order valence-electron chi connectivity index (χ2n) is 5.91. The fourth-order valence-electron chi connectivity index (χ4n) is 2.89. The Hall–Kier alpha value is -1.98. The quantitative estimate of drug-likeness (QED) is 0.828. The smallest absolute Gasteiger partial charge is 0.217 e. The van der Waals surface area contributed by atoms with E-state index in [4.69, 9.17) is 27.9 Å². The lowest BCUT2D eigenvalue weighted by Gasteiger charge is -2.28. The maximum absolute atomic E-state index is 14.1. The minimum absolute atomic E-state index is 0.0351. The largest absolute Gasteiger partial charge is 0.506 e. The van der Waals surface area contributed by atoms with Gasteiger partial charge < -0.3 is 15.2 Å². The fourth-order valence-corrected chi connectivity index (χ4v) is 3.47. The summed E-state index contributed by atoms with van der Waals surface area (Å²) in [5, 5.41) is 12.9. The van der Waals surface area contributed by atoms with Crippen LogP contribution in [0.15, 0.2) is 24.3 Å². The number of rotatable bonds is 3. The molecule has 1 atom stereocenters. The van der Waals surface area contributed by atoms with Crippen molar-refractivity contribution in [1.29, 1.82) is 0 Å². The number of nitrogens with one attached hydrogen (secondary N) is 1. The molecule has 132 valence electrons. The minimum Gasteiger partial charge on any atom is -0.506 e. The lowest BCUT2D eigenvalue weighted by Crippen LogP contribution is -2.36. The summed E-state index contributed by atoms with van der Waals surface area (Å²) in [7, 11) is 0. The van der Waals surface area contributed by atoms with Crippen LogP contribution in [0.3, 0.4) is 0 Å². The van der Waals surface area contributed by atoms with E-state index < -0.39 is 5.82 Å². The van der Waals surface area contributed by atoms with Crippen molar-refractivity contribution >= 4 is 29.1 Å². The van der Waals surface area contributed by atoms with Crippen molar-refractivity contribution in [1.82, 2.24) is 5.32 Å². The fraction of sp³-hybridized carbons (Fsp3) is 0.278. The van der Waals surface area contributed by atoms with Crippen molar-refractivity contribution in [3.63, 3.8) is 0 Å². The van der Waals surface area contributed by atoms with Crippen molar-refractivity contribution in [2.75, 3.05) is 6.54 Å². The summed E-state index contributed by atoms with van der Waals surface area (Å²) in [6.07, 6.45) is 1.01. The second kappa shape index (κ2) is 7.10. The lowest BCUT2D eigenvalue weighted by molar-refractivity contribution is -0.119. The van der Waals surface area contributed by atoms with Gasteiger partial charge in [0.1, 0.15) is 23.4 Å². The van der Waals surface area contributed by atoms with Gasteiger partial charge in [-0.2, -0.15) is 0 Å². The molecule has 1 aliphatic heterocycles. The van der Waals surface area contributed by atoms with Crippen LogP contribution in [-0.4, -0.2) is 23.7 Å². The molecular weight excluding hydrogens is 368 g/mol. The molecular formula is C18H16Cl2FNO3. The summed E-state index contributed by atoms with van der Waals surface area (Å²) < 4.78 is 20.1. The van der Waals surface area contributed by atoms with Gasteiger partial charge in [0, 0.05) is 18.1 Å². The average molecular weight is 384 g/mol. The van der Waals surface area contributed by atoms with Crippen LogP contribution in [0.25, 0.3) is 11.1 Å². The molecule has 2 N–H and O–H groups in total. The highest BCUT2D eigenvalue weighted by Gasteiger charge is 2.26. The van der Waals surface area contributed by atoms with E-state index in [2.05, 4.69) is 5.32 Å². The predicted octanol–water partition coefficient (Wildman–Crippen LogP) is 4.33. The third-order valence-electron chi connectivity index (χ3n) is 4.07. The number of benzene rings is 2. The number of amides is 1. The number of hydrogen-bond acceptors (Lipinski definition) is 3. The Kier molecular flexibility index (Phi) is 5.06. The standard InChI is InChI=1S/C18H16Cl2FNO3/c1-9(23)22-8-12-3-2-10-6-11(21)7-13(18(10)25-12)16-14(19)4-5-15(24)17(16)20/h4-7,12,24H,2-3,8H2,1H3,(H,22,23)/t12-/m1/s1. The van der Waals surface area contributed by atoms with Crippen LogP contribution in [0.5, 0.6) is 11.5 Å². The molecule has 0 saturated carbocycles. The molecule has 0 spiro atoms. The Morgan fingerprint density at radius 3 is 2.88 bits per heavy atom. The number of phenols is 1. The summed E-state index contributed by atoms with van der Waals surface area (Å²) in [6, 6.07) is 5.57. The van der Waals surface area contributed by atoms with Gasteiger partial charge in [0.15, 0.2) is 0 Å². The molecule has 1 heterocycles. The summed E-state index contributed by atoms with van der Waals surface area (Å²) in [5.41, 5.74) is 1.40. The van der Waals surface area contributed by atoms with Gasteiger partial charge in [0.2, 0.25) is 5.91 Å². The van der Waals surface area contributed by atoms with Gasteiger partial charge >= 0.3 is 0 Å². The first-order valence-corrected chi connectivity index (χ1v) is 8.53. The third kappa shape index (κ3) is 3.67. The molecule has 4 nitrogen and oxygen atoms in total. The van der Waals surface area contributed by atoms with E-state index in [0.717, 1.165) is 0 Å². The van der Waals surface area contributed by atoms with Crippen molar-refractivity contribution in [2.24, 2.45) is 0 Å². The monoisotopic (exact) mass is 383 g/mol. The molecule has 2 aromatic carbocycles. The zero-order valence-electron chi connectivity index (χ0n) is 13.4. The zero-order valence-corrected chi connectivity index (χ0v) is 14.9. The van der Waals surface area contributed by atoms with E-state index in [0.29, 0.717) is 41.8 Å². The van der Waals surface area contributed by atoms with E-state index in [1.807, 2.05) is 0 Å². The molecule has 1 amide bonds. The Morgan fingerprint density at radius 2 is 2.16 bits per heavy atom. The second-order valence-corrected chi connectivity index (χ2v) is 6.70. The van der Waals surface area contributed by atoms with Crippen LogP contribution in [0.2, 0.25) is 10.0 Å². The predicted molar refractivity (Wildman–Crippen MR) is 94.9 cm³/mol. The van der Waals surface area contributed by atoms with Crippen LogP contribution in [-0.2, 0) is 11.2 Å². The third-order valence-corrected chi connectivity index (χ3v) is 4.77. The van der Waals surface area contributed by atoms with E-state index in [9.17, 15) is 14.3 Å². The number of fused-ring (bicyclic) bond motifs is 1. The first kappa shape index (κ1) is 17.8. The maximum Gasteiger partial charge on any atom is 0.217 e. The van der Waals surface area contributed by atoms with Crippen LogP contribution in [0.4, 0.5) is 4.39 Å². The number of halogens is 3. The number of aryl methyl sites for hydroxylation is 1. The Morgan fingerprint density at radius 1 is 1.40 bits per heavy atom. The highest BCUT2D eigenvalue weighted by atomic mass is 35.5. The molecule has 3 rings (SSSR count). The van der Waals surface area contributed by atoms with Crippen molar-refractivity contribution in [3.8, 4) is 22.6 Å². The molecule has 25 heavy (non-hydrogen) atoms. The van der Waals surface area contributed by atoms with Gasteiger partial charge in [-0.25, -0.2) is 4.39 Å². The lowest BCUT2D eigenvalue weighted by atomic mass is 9.95. The van der Waals surface area contributed by atoms with Gasteiger partial charge in [-0.3, -0.25) is 4.79 Å². The van der Waals surface area contributed by atoms with Crippen molar-refractivity contribution in [3.05, 3.63) is 45.7 Å². The van der Waals surface area contributed by atoms with Gasteiger partial charge in [0.05, 0.1) is 16.6 Å².